The topological polar surface area (TPSA) is 26.0 Å². The molecular weight excluding hydrogens is 253 g/mol. The third kappa shape index (κ3) is 3.37. The normalized spacial score (nSPS) is 14.5. The zero-order valence-corrected chi connectivity index (χ0v) is 10.1. The van der Waals surface area contributed by atoms with Gasteiger partial charge in [0.05, 0.1) is 3.79 Å². The number of thiophene rings is 1. The first-order valence-electron chi connectivity index (χ1n) is 4.07. The van der Waals surface area contributed by atoms with Gasteiger partial charge in [-0.05, 0) is 41.9 Å². The van der Waals surface area contributed by atoms with E-state index in [0.29, 0.717) is 6.42 Å². The summed E-state index contributed by atoms with van der Waals surface area (Å²) in [6.07, 6.45) is -0.585. The van der Waals surface area contributed by atoms with Crippen molar-refractivity contribution in [1.29, 1.82) is 0 Å². The molecule has 1 unspecified atom stereocenters. The molecule has 0 radical (unpaired) electrons. The minimum absolute atomic E-state index is 0.403. The quantitative estimate of drug-likeness (QED) is 0.893. The number of hydrogen-bond acceptors (Lipinski definition) is 2. The average molecular weight is 266 g/mol. The second-order valence-corrected chi connectivity index (χ2v) is 6.25. The lowest BCUT2D eigenvalue weighted by Crippen LogP contribution is -2.43. The summed E-state index contributed by atoms with van der Waals surface area (Å²) in [5.41, 5.74) is 4.90. The fourth-order valence-corrected chi connectivity index (χ4v) is 2.41. The van der Waals surface area contributed by atoms with Gasteiger partial charge < -0.3 is 5.73 Å². The van der Waals surface area contributed by atoms with Crippen molar-refractivity contribution in [3.63, 3.8) is 0 Å². The summed E-state index contributed by atoms with van der Waals surface area (Å²) in [5, 5.41) is 0. The average Bonchev–Trinajstić information content (AvgIpc) is 2.33. The Balaban J connectivity index is 2.60. The van der Waals surface area contributed by atoms with Crippen molar-refractivity contribution in [2.45, 2.75) is 32.0 Å². The van der Waals surface area contributed by atoms with E-state index in [1.807, 2.05) is 12.1 Å². The van der Waals surface area contributed by atoms with Crippen LogP contribution in [0.3, 0.4) is 0 Å². The summed E-state index contributed by atoms with van der Waals surface area (Å²) in [4.78, 5) is 1.03. The van der Waals surface area contributed by atoms with Crippen molar-refractivity contribution in [2.24, 2.45) is 5.73 Å². The third-order valence-corrected chi connectivity index (χ3v) is 3.46. The van der Waals surface area contributed by atoms with Crippen molar-refractivity contribution in [3.05, 3.63) is 20.8 Å². The van der Waals surface area contributed by atoms with Crippen LogP contribution in [0, 0.1) is 0 Å². The molecule has 0 fully saturated rings. The molecule has 0 amide bonds. The smallest absolute Gasteiger partial charge is 0.122 e. The highest BCUT2D eigenvalue weighted by atomic mass is 79.9. The molecule has 0 bridgehead atoms. The maximum atomic E-state index is 13.5. The van der Waals surface area contributed by atoms with E-state index >= 15 is 0 Å². The Labute approximate surface area is 90.3 Å². The summed E-state index contributed by atoms with van der Waals surface area (Å²) in [6, 6.07) is 3.85. The van der Waals surface area contributed by atoms with E-state index in [1.54, 1.807) is 25.2 Å². The van der Waals surface area contributed by atoms with Gasteiger partial charge in [0, 0.05) is 16.8 Å². The first kappa shape index (κ1) is 11.1. The summed E-state index contributed by atoms with van der Waals surface area (Å²) in [7, 11) is 0. The van der Waals surface area contributed by atoms with Gasteiger partial charge in [-0.3, -0.25) is 0 Å². The Morgan fingerprint density at radius 1 is 1.62 bits per heavy atom. The third-order valence-electron chi connectivity index (χ3n) is 1.82. The molecule has 0 saturated heterocycles. The molecule has 1 nitrogen and oxygen atoms in total. The van der Waals surface area contributed by atoms with Crippen LogP contribution in [0.4, 0.5) is 4.39 Å². The van der Waals surface area contributed by atoms with Crippen LogP contribution >= 0.6 is 27.3 Å². The van der Waals surface area contributed by atoms with E-state index in [1.165, 1.54) is 0 Å². The SMILES string of the molecule is CC(C)(N)C(F)Cc1ccc(Br)s1. The number of halogens is 2. The Morgan fingerprint density at radius 2 is 2.23 bits per heavy atom. The number of hydrogen-bond donors (Lipinski definition) is 1. The van der Waals surface area contributed by atoms with Gasteiger partial charge in [0.1, 0.15) is 6.17 Å². The molecule has 0 aliphatic carbocycles. The Bertz CT molecular complexity index is 279. The molecule has 0 saturated carbocycles. The molecule has 74 valence electrons. The van der Waals surface area contributed by atoms with E-state index in [2.05, 4.69) is 15.9 Å². The van der Waals surface area contributed by atoms with Crippen LogP contribution in [0.1, 0.15) is 18.7 Å². The molecule has 0 spiro atoms. The molecule has 0 aliphatic heterocycles. The van der Waals surface area contributed by atoms with Crippen molar-refractivity contribution in [2.75, 3.05) is 0 Å². The van der Waals surface area contributed by atoms with Gasteiger partial charge in [-0.1, -0.05) is 0 Å². The van der Waals surface area contributed by atoms with Gasteiger partial charge in [-0.25, -0.2) is 4.39 Å². The van der Waals surface area contributed by atoms with Gasteiger partial charge in [-0.15, -0.1) is 11.3 Å². The van der Waals surface area contributed by atoms with Crippen molar-refractivity contribution in [3.8, 4) is 0 Å². The first-order chi connectivity index (χ1) is 5.89. The van der Waals surface area contributed by atoms with Crippen LogP contribution in [0.15, 0.2) is 15.9 Å². The standard InChI is InChI=1S/C9H13BrFNS/c1-9(2,12)7(11)5-6-3-4-8(10)13-6/h3-4,7H,5,12H2,1-2H3. The minimum Gasteiger partial charge on any atom is -0.323 e. The summed E-state index contributed by atoms with van der Waals surface area (Å²) < 4.78 is 14.5. The largest absolute Gasteiger partial charge is 0.323 e. The Morgan fingerprint density at radius 3 is 2.62 bits per heavy atom. The van der Waals surface area contributed by atoms with Crippen molar-refractivity contribution in [1.82, 2.24) is 0 Å². The zero-order chi connectivity index (χ0) is 10.1. The lowest BCUT2D eigenvalue weighted by Gasteiger charge is -2.22. The Kier molecular flexibility index (Phi) is 3.49. The van der Waals surface area contributed by atoms with Gasteiger partial charge in [0.25, 0.3) is 0 Å². The molecule has 0 aliphatic rings. The molecule has 0 aromatic carbocycles. The fourth-order valence-electron chi connectivity index (χ4n) is 0.901. The maximum Gasteiger partial charge on any atom is 0.122 e. The molecule has 1 aromatic heterocycles. The zero-order valence-electron chi connectivity index (χ0n) is 7.68. The second-order valence-electron chi connectivity index (χ2n) is 3.70. The lowest BCUT2D eigenvalue weighted by atomic mass is 9.97. The van der Waals surface area contributed by atoms with E-state index in [4.69, 9.17) is 5.73 Å². The number of rotatable bonds is 3. The van der Waals surface area contributed by atoms with Crippen LogP contribution < -0.4 is 5.73 Å². The summed E-state index contributed by atoms with van der Waals surface area (Å²) in [6.45, 7) is 3.42. The number of alkyl halides is 1. The molecule has 2 N–H and O–H groups in total. The van der Waals surface area contributed by atoms with Gasteiger partial charge >= 0.3 is 0 Å². The highest BCUT2D eigenvalue weighted by Gasteiger charge is 2.25. The van der Waals surface area contributed by atoms with E-state index < -0.39 is 11.7 Å². The van der Waals surface area contributed by atoms with Crippen LogP contribution in [0.25, 0.3) is 0 Å². The number of nitrogens with two attached hydrogens (primary N) is 1. The molecule has 1 aromatic rings. The van der Waals surface area contributed by atoms with Crippen LogP contribution in [0.5, 0.6) is 0 Å². The van der Waals surface area contributed by atoms with Crippen LogP contribution in [-0.2, 0) is 6.42 Å². The second kappa shape index (κ2) is 4.07. The molecule has 4 heteroatoms. The first-order valence-corrected chi connectivity index (χ1v) is 5.67. The van der Waals surface area contributed by atoms with Gasteiger partial charge in [-0.2, -0.15) is 0 Å². The van der Waals surface area contributed by atoms with Crippen molar-refractivity contribution >= 4 is 27.3 Å². The molecular formula is C9H13BrFNS. The molecule has 1 atom stereocenters. The van der Waals surface area contributed by atoms with Crippen LogP contribution in [0.2, 0.25) is 0 Å². The van der Waals surface area contributed by atoms with E-state index in [9.17, 15) is 4.39 Å². The minimum atomic E-state index is -0.988. The predicted molar refractivity (Wildman–Crippen MR) is 58.9 cm³/mol. The van der Waals surface area contributed by atoms with Gasteiger partial charge in [0.15, 0.2) is 0 Å². The molecule has 1 rings (SSSR count). The highest BCUT2D eigenvalue weighted by molar-refractivity contribution is 9.11. The highest BCUT2D eigenvalue weighted by Crippen LogP contribution is 2.25. The monoisotopic (exact) mass is 265 g/mol. The van der Waals surface area contributed by atoms with Crippen molar-refractivity contribution < 1.29 is 4.39 Å². The maximum absolute atomic E-state index is 13.5. The molecule has 13 heavy (non-hydrogen) atoms. The van der Waals surface area contributed by atoms with E-state index in [-0.39, 0.29) is 0 Å². The van der Waals surface area contributed by atoms with Crippen LogP contribution in [-0.4, -0.2) is 11.7 Å². The Hall–Kier alpha value is 0.0700. The van der Waals surface area contributed by atoms with Gasteiger partial charge in [0.2, 0.25) is 0 Å². The van der Waals surface area contributed by atoms with E-state index in [0.717, 1.165) is 8.66 Å². The summed E-state index contributed by atoms with van der Waals surface area (Å²) >= 11 is 4.89. The lowest BCUT2D eigenvalue weighted by molar-refractivity contribution is 0.219. The predicted octanol–water partition coefficient (Wildman–Crippen LogP) is 3.13. The molecule has 1 heterocycles. The summed E-state index contributed by atoms with van der Waals surface area (Å²) in [5.74, 6) is 0. The fraction of sp³-hybridized carbons (Fsp3) is 0.556.